The highest BCUT2D eigenvalue weighted by molar-refractivity contribution is 6.33. The number of aromatic nitrogens is 2. The Bertz CT molecular complexity index is 2960. The molecule has 0 unspecified atom stereocenters. The third kappa shape index (κ3) is 3.53. The van der Waals surface area contributed by atoms with Crippen molar-refractivity contribution in [2.75, 3.05) is 6.61 Å². The van der Waals surface area contributed by atoms with E-state index in [4.69, 9.17) is 11.3 Å². The minimum atomic E-state index is 0.442. The van der Waals surface area contributed by atoms with Crippen LogP contribution in [-0.2, 0) is 0 Å². The van der Waals surface area contributed by atoms with Crippen LogP contribution < -0.4 is 4.74 Å². The SMILES string of the molecule is C=C1/C=C\C=C/COc2c1c1c(c3ccccc3n1-c1ccccc1)c1c3ccccc3n(-c3ccc4c5c(cccc35)-c3ccccc3-4)c21. The smallest absolute Gasteiger partial charge is 0.154 e. The van der Waals surface area contributed by atoms with E-state index in [2.05, 4.69) is 167 Å². The quantitative estimate of drug-likeness (QED) is 0.184. The summed E-state index contributed by atoms with van der Waals surface area (Å²) >= 11 is 0. The molecule has 234 valence electrons. The van der Waals surface area contributed by atoms with E-state index in [1.54, 1.807) is 0 Å². The highest BCUT2D eigenvalue weighted by Gasteiger charge is 2.30. The van der Waals surface area contributed by atoms with Crippen LogP contribution in [-0.4, -0.2) is 15.7 Å². The van der Waals surface area contributed by atoms with Crippen LogP contribution in [0.3, 0.4) is 0 Å². The van der Waals surface area contributed by atoms with Crippen molar-refractivity contribution in [3.63, 3.8) is 0 Å². The molecule has 0 radical (unpaired) electrons. The van der Waals surface area contributed by atoms with Gasteiger partial charge in [0.15, 0.2) is 5.75 Å². The van der Waals surface area contributed by atoms with Crippen molar-refractivity contribution in [1.82, 2.24) is 9.13 Å². The molecular weight excluding hydrogens is 609 g/mol. The van der Waals surface area contributed by atoms with Gasteiger partial charge in [0.2, 0.25) is 0 Å². The number of hydrogen-bond donors (Lipinski definition) is 0. The number of hydrogen-bond acceptors (Lipinski definition) is 1. The maximum Gasteiger partial charge on any atom is 0.154 e. The van der Waals surface area contributed by atoms with Gasteiger partial charge in [-0.1, -0.05) is 128 Å². The fraction of sp³-hybridized carbons (Fsp3) is 0.0213. The summed E-state index contributed by atoms with van der Waals surface area (Å²) in [4.78, 5) is 0. The first-order valence-electron chi connectivity index (χ1n) is 17.2. The second kappa shape index (κ2) is 10.2. The molecule has 3 nitrogen and oxygen atoms in total. The molecule has 11 rings (SSSR count). The van der Waals surface area contributed by atoms with Crippen molar-refractivity contribution >= 4 is 60.0 Å². The molecule has 1 aliphatic heterocycles. The normalized spacial score (nSPS) is 14.8. The first-order valence-corrected chi connectivity index (χ1v) is 17.2. The van der Waals surface area contributed by atoms with Gasteiger partial charge in [-0.15, -0.1) is 0 Å². The molecule has 7 aromatic carbocycles. The molecule has 0 N–H and O–H groups in total. The van der Waals surface area contributed by atoms with Crippen molar-refractivity contribution < 1.29 is 4.74 Å². The van der Waals surface area contributed by atoms with E-state index >= 15 is 0 Å². The van der Waals surface area contributed by atoms with E-state index < -0.39 is 0 Å². The van der Waals surface area contributed by atoms with E-state index in [1.165, 1.54) is 54.6 Å². The minimum Gasteiger partial charge on any atom is -0.487 e. The summed E-state index contributed by atoms with van der Waals surface area (Å²) in [6.45, 7) is 5.14. The minimum absolute atomic E-state index is 0.442. The van der Waals surface area contributed by atoms with Gasteiger partial charge in [0.1, 0.15) is 6.61 Å². The van der Waals surface area contributed by atoms with Crippen LogP contribution in [0.2, 0.25) is 0 Å². The molecule has 3 heterocycles. The Labute approximate surface area is 288 Å². The third-order valence-electron chi connectivity index (χ3n) is 10.6. The van der Waals surface area contributed by atoms with Gasteiger partial charge in [0.25, 0.3) is 0 Å². The van der Waals surface area contributed by atoms with E-state index in [0.717, 1.165) is 50.3 Å². The number of fused-ring (bicyclic) bond motifs is 13. The molecule has 50 heavy (non-hydrogen) atoms. The largest absolute Gasteiger partial charge is 0.487 e. The molecule has 0 fully saturated rings. The van der Waals surface area contributed by atoms with E-state index in [9.17, 15) is 0 Å². The van der Waals surface area contributed by atoms with Crippen molar-refractivity contribution in [3.8, 4) is 39.4 Å². The van der Waals surface area contributed by atoms with Gasteiger partial charge in [-0.25, -0.2) is 0 Å². The Morgan fingerprint density at radius 1 is 0.500 bits per heavy atom. The molecule has 0 saturated heterocycles. The summed E-state index contributed by atoms with van der Waals surface area (Å²) in [5.74, 6) is 0.844. The zero-order valence-electron chi connectivity index (χ0n) is 27.2. The first kappa shape index (κ1) is 27.4. The number of rotatable bonds is 2. The summed E-state index contributed by atoms with van der Waals surface area (Å²) in [5.41, 5.74) is 13.8. The summed E-state index contributed by atoms with van der Waals surface area (Å²) in [6, 6.07) is 48.4. The number of allylic oxidation sites excluding steroid dienone is 4. The molecule has 0 atom stereocenters. The van der Waals surface area contributed by atoms with E-state index in [0.29, 0.717) is 6.61 Å². The second-order valence-corrected chi connectivity index (χ2v) is 13.2. The lowest BCUT2D eigenvalue weighted by Gasteiger charge is -2.20. The van der Waals surface area contributed by atoms with Crippen LogP contribution in [0.15, 0.2) is 164 Å². The highest BCUT2D eigenvalue weighted by Crippen LogP contribution is 2.53. The molecule has 0 bridgehead atoms. The van der Waals surface area contributed by atoms with Crippen molar-refractivity contribution in [2.45, 2.75) is 0 Å². The molecule has 3 heteroatoms. The molecule has 0 amide bonds. The highest BCUT2D eigenvalue weighted by atomic mass is 16.5. The lowest BCUT2D eigenvalue weighted by atomic mass is 9.96. The predicted molar refractivity (Wildman–Crippen MR) is 210 cm³/mol. The fourth-order valence-electron chi connectivity index (χ4n) is 8.71. The standard InChI is InChI=1S/C47H30N2O/c1-29-15-4-3-13-28-50-47-41(29)45-43(36-20-9-11-24-38(36)48(45)30-16-5-2-6-17-30)44-37-21-10-12-25-39(37)49(46(44)47)40-27-26-34-32-19-8-7-18-31(32)33-22-14-23-35(40)42(33)34/h2-27H,1,28H2/b13-3-,15-4-. The van der Waals surface area contributed by atoms with Gasteiger partial charge in [-0.2, -0.15) is 0 Å². The van der Waals surface area contributed by atoms with Crippen molar-refractivity contribution in [2.24, 2.45) is 0 Å². The zero-order valence-corrected chi connectivity index (χ0v) is 27.2. The summed E-state index contributed by atoms with van der Waals surface area (Å²) in [7, 11) is 0. The van der Waals surface area contributed by atoms with Gasteiger partial charge in [-0.3, -0.25) is 0 Å². The first-order chi connectivity index (χ1) is 24.8. The Balaban J connectivity index is 1.40. The van der Waals surface area contributed by atoms with Gasteiger partial charge >= 0.3 is 0 Å². The van der Waals surface area contributed by atoms with E-state index in [-0.39, 0.29) is 0 Å². The maximum atomic E-state index is 6.98. The average Bonchev–Trinajstić information content (AvgIpc) is 3.82. The zero-order chi connectivity index (χ0) is 32.9. The Hall–Kier alpha value is -6.58. The predicted octanol–water partition coefficient (Wildman–Crippen LogP) is 12.2. The van der Waals surface area contributed by atoms with Gasteiger partial charge < -0.3 is 13.9 Å². The van der Waals surface area contributed by atoms with Crippen LogP contribution in [0.5, 0.6) is 5.75 Å². The van der Waals surface area contributed by atoms with Crippen molar-refractivity contribution in [3.05, 3.63) is 170 Å². The van der Waals surface area contributed by atoms with Gasteiger partial charge in [0, 0.05) is 32.6 Å². The van der Waals surface area contributed by atoms with Gasteiger partial charge in [-0.05, 0) is 69.6 Å². The maximum absolute atomic E-state index is 6.98. The monoisotopic (exact) mass is 638 g/mol. The van der Waals surface area contributed by atoms with E-state index in [1.807, 2.05) is 0 Å². The van der Waals surface area contributed by atoms with Crippen LogP contribution in [0.1, 0.15) is 5.56 Å². The topological polar surface area (TPSA) is 19.1 Å². The Morgan fingerprint density at radius 2 is 1.12 bits per heavy atom. The summed E-state index contributed by atoms with van der Waals surface area (Å²) < 4.78 is 11.8. The summed E-state index contributed by atoms with van der Waals surface area (Å²) in [6.07, 6.45) is 8.31. The van der Waals surface area contributed by atoms with Crippen LogP contribution in [0, 0.1) is 0 Å². The second-order valence-electron chi connectivity index (χ2n) is 13.2. The molecule has 1 aliphatic carbocycles. The molecular formula is C47H30N2O. The summed E-state index contributed by atoms with van der Waals surface area (Å²) in [5, 5.41) is 7.31. The average molecular weight is 639 g/mol. The number of nitrogens with zero attached hydrogens (tertiary/aromatic N) is 2. The lowest BCUT2D eigenvalue weighted by Crippen LogP contribution is -2.04. The van der Waals surface area contributed by atoms with Gasteiger partial charge in [0.05, 0.1) is 33.3 Å². The molecule has 2 aliphatic rings. The Kier molecular flexibility index (Phi) is 5.59. The molecule has 9 aromatic rings. The lowest BCUT2D eigenvalue weighted by molar-refractivity contribution is 0.366. The molecule has 0 spiro atoms. The van der Waals surface area contributed by atoms with Crippen LogP contribution in [0.4, 0.5) is 0 Å². The Morgan fingerprint density at radius 3 is 1.90 bits per heavy atom. The fourth-order valence-corrected chi connectivity index (χ4v) is 8.71. The van der Waals surface area contributed by atoms with Crippen LogP contribution in [0.25, 0.3) is 93.6 Å². The third-order valence-corrected chi connectivity index (χ3v) is 10.6. The number of benzene rings is 7. The molecule has 0 saturated carbocycles. The van der Waals surface area contributed by atoms with Crippen molar-refractivity contribution in [1.29, 1.82) is 0 Å². The number of ether oxygens (including phenoxy) is 1. The molecule has 2 aromatic heterocycles. The van der Waals surface area contributed by atoms with Crippen LogP contribution >= 0.6 is 0 Å². The number of para-hydroxylation sites is 3.